The first kappa shape index (κ1) is 13.8. The maximum absolute atomic E-state index is 4.41. The van der Waals surface area contributed by atoms with Gasteiger partial charge in [-0.3, -0.25) is 4.90 Å². The van der Waals surface area contributed by atoms with Crippen LogP contribution in [0.2, 0.25) is 0 Å². The Morgan fingerprint density at radius 2 is 2.15 bits per heavy atom. The lowest BCUT2D eigenvalue weighted by molar-refractivity contribution is 0.133. The van der Waals surface area contributed by atoms with E-state index in [0.29, 0.717) is 0 Å². The molecule has 3 heterocycles. The first-order chi connectivity index (χ1) is 9.86. The largest absolute Gasteiger partial charge is 0.352 e. The fourth-order valence-electron chi connectivity index (χ4n) is 3.23. The molecule has 3 rings (SSSR count). The Morgan fingerprint density at radius 1 is 1.20 bits per heavy atom. The van der Waals surface area contributed by atoms with Crippen molar-refractivity contribution in [2.45, 2.75) is 38.8 Å². The van der Waals surface area contributed by atoms with E-state index in [-0.39, 0.29) is 0 Å². The number of hydrogen-bond acceptors (Lipinski definition) is 5. The van der Waals surface area contributed by atoms with Gasteiger partial charge in [0.25, 0.3) is 0 Å². The number of rotatable bonds is 4. The van der Waals surface area contributed by atoms with E-state index < -0.39 is 0 Å². The molecule has 2 saturated heterocycles. The summed E-state index contributed by atoms with van der Waals surface area (Å²) in [4.78, 5) is 5.05. The molecule has 110 valence electrons. The molecule has 1 aromatic heterocycles. The minimum atomic E-state index is 0.723. The van der Waals surface area contributed by atoms with Crippen LogP contribution in [-0.4, -0.2) is 53.9 Å². The van der Waals surface area contributed by atoms with Gasteiger partial charge in [0, 0.05) is 32.2 Å². The van der Waals surface area contributed by atoms with Gasteiger partial charge in [0.05, 0.1) is 5.69 Å². The fraction of sp³-hybridized carbons (Fsp3) is 0.733. The summed E-state index contributed by atoms with van der Waals surface area (Å²) in [5.74, 6) is 1.04. The highest BCUT2D eigenvalue weighted by atomic mass is 15.3. The summed E-state index contributed by atoms with van der Waals surface area (Å²) in [5, 5.41) is 12.0. The average molecular weight is 275 g/mol. The van der Waals surface area contributed by atoms with Crippen molar-refractivity contribution in [1.82, 2.24) is 20.4 Å². The maximum atomic E-state index is 4.41. The third-order valence-corrected chi connectivity index (χ3v) is 4.42. The second kappa shape index (κ2) is 6.50. The fourth-order valence-corrected chi connectivity index (χ4v) is 3.23. The zero-order chi connectivity index (χ0) is 13.8. The summed E-state index contributed by atoms with van der Waals surface area (Å²) >= 11 is 0. The monoisotopic (exact) mass is 275 g/mol. The molecule has 20 heavy (non-hydrogen) atoms. The first-order valence-corrected chi connectivity index (χ1v) is 7.89. The number of nitrogens with one attached hydrogen (secondary N) is 1. The van der Waals surface area contributed by atoms with Gasteiger partial charge in [0.15, 0.2) is 5.82 Å². The molecule has 1 unspecified atom stereocenters. The molecule has 1 aromatic rings. The maximum Gasteiger partial charge on any atom is 0.151 e. The molecule has 0 radical (unpaired) electrons. The molecule has 0 spiro atoms. The second-order valence-corrected chi connectivity index (χ2v) is 5.79. The zero-order valence-electron chi connectivity index (χ0n) is 12.4. The zero-order valence-corrected chi connectivity index (χ0v) is 12.4. The third kappa shape index (κ3) is 3.10. The summed E-state index contributed by atoms with van der Waals surface area (Å²) in [7, 11) is 0. The van der Waals surface area contributed by atoms with Crippen LogP contribution < -0.4 is 10.2 Å². The highest BCUT2D eigenvalue weighted by molar-refractivity contribution is 5.38. The highest BCUT2D eigenvalue weighted by Gasteiger charge is 2.29. The van der Waals surface area contributed by atoms with Crippen molar-refractivity contribution >= 4 is 5.82 Å². The predicted molar refractivity (Wildman–Crippen MR) is 80.8 cm³/mol. The van der Waals surface area contributed by atoms with E-state index in [4.69, 9.17) is 0 Å². The Morgan fingerprint density at radius 3 is 2.95 bits per heavy atom. The number of fused-ring (bicyclic) bond motifs is 1. The van der Waals surface area contributed by atoms with Crippen molar-refractivity contribution < 1.29 is 0 Å². The summed E-state index contributed by atoms with van der Waals surface area (Å²) in [6.07, 6.45) is 4.08. The lowest BCUT2D eigenvalue weighted by atomic mass is 9.99. The van der Waals surface area contributed by atoms with Gasteiger partial charge in [-0.25, -0.2) is 0 Å². The topological polar surface area (TPSA) is 44.3 Å². The van der Waals surface area contributed by atoms with Crippen molar-refractivity contribution in [3.8, 4) is 0 Å². The van der Waals surface area contributed by atoms with Crippen LogP contribution >= 0.6 is 0 Å². The van der Waals surface area contributed by atoms with Gasteiger partial charge in [0.1, 0.15) is 0 Å². The number of hydrogen-bond donors (Lipinski definition) is 1. The van der Waals surface area contributed by atoms with E-state index in [1.807, 2.05) is 0 Å². The van der Waals surface area contributed by atoms with E-state index in [1.165, 1.54) is 32.4 Å². The standard InChI is InChI=1S/C15H25N5/c1-2-16-11-13-6-7-15(18-17-13)20-10-9-19-8-4-3-5-14(19)12-20/h6-7,14,16H,2-5,8-12H2,1H3. The summed E-state index contributed by atoms with van der Waals surface area (Å²) in [6, 6.07) is 4.94. The van der Waals surface area contributed by atoms with Crippen LogP contribution in [0.25, 0.3) is 0 Å². The molecule has 0 aliphatic carbocycles. The Balaban J connectivity index is 1.61. The summed E-state index contributed by atoms with van der Waals surface area (Å²) in [6.45, 7) is 8.52. The van der Waals surface area contributed by atoms with Crippen molar-refractivity contribution in [3.63, 3.8) is 0 Å². The third-order valence-electron chi connectivity index (χ3n) is 4.42. The minimum Gasteiger partial charge on any atom is -0.352 e. The van der Waals surface area contributed by atoms with Crippen molar-refractivity contribution in [2.24, 2.45) is 0 Å². The smallest absolute Gasteiger partial charge is 0.151 e. The van der Waals surface area contributed by atoms with E-state index in [2.05, 4.69) is 44.4 Å². The van der Waals surface area contributed by atoms with Crippen LogP contribution in [0.5, 0.6) is 0 Å². The molecule has 0 aromatic carbocycles. The molecule has 0 saturated carbocycles. The quantitative estimate of drug-likeness (QED) is 0.896. The molecule has 0 amide bonds. The average Bonchev–Trinajstić information content (AvgIpc) is 2.53. The Bertz CT molecular complexity index is 419. The van der Waals surface area contributed by atoms with Gasteiger partial charge in [-0.1, -0.05) is 13.3 Å². The van der Waals surface area contributed by atoms with Gasteiger partial charge in [0.2, 0.25) is 0 Å². The predicted octanol–water partition coefficient (Wildman–Crippen LogP) is 1.26. The number of piperazine rings is 1. The highest BCUT2D eigenvalue weighted by Crippen LogP contribution is 2.23. The molecular weight excluding hydrogens is 250 g/mol. The Labute approximate surface area is 121 Å². The van der Waals surface area contributed by atoms with Crippen molar-refractivity contribution in [1.29, 1.82) is 0 Å². The van der Waals surface area contributed by atoms with E-state index >= 15 is 0 Å². The lowest BCUT2D eigenvalue weighted by Gasteiger charge is -2.44. The number of aromatic nitrogens is 2. The molecule has 5 heteroatoms. The van der Waals surface area contributed by atoms with E-state index in [9.17, 15) is 0 Å². The van der Waals surface area contributed by atoms with Crippen molar-refractivity contribution in [2.75, 3.05) is 37.6 Å². The van der Waals surface area contributed by atoms with Gasteiger partial charge < -0.3 is 10.2 Å². The Hall–Kier alpha value is -1.20. The number of nitrogens with zero attached hydrogens (tertiary/aromatic N) is 4. The summed E-state index contributed by atoms with van der Waals surface area (Å²) < 4.78 is 0. The molecule has 5 nitrogen and oxygen atoms in total. The number of piperidine rings is 1. The van der Waals surface area contributed by atoms with Gasteiger partial charge >= 0.3 is 0 Å². The second-order valence-electron chi connectivity index (χ2n) is 5.79. The minimum absolute atomic E-state index is 0.723. The first-order valence-electron chi connectivity index (χ1n) is 7.89. The lowest BCUT2D eigenvalue weighted by Crippen LogP contribution is -2.55. The molecule has 1 atom stereocenters. The van der Waals surface area contributed by atoms with Crippen LogP contribution in [0.1, 0.15) is 31.9 Å². The molecule has 0 bridgehead atoms. The molecule has 2 aliphatic rings. The van der Waals surface area contributed by atoms with Crippen LogP contribution in [-0.2, 0) is 6.54 Å². The molecular formula is C15H25N5. The van der Waals surface area contributed by atoms with Crippen molar-refractivity contribution in [3.05, 3.63) is 17.8 Å². The summed E-state index contributed by atoms with van der Waals surface area (Å²) in [5.41, 5.74) is 1.02. The van der Waals surface area contributed by atoms with E-state index in [1.54, 1.807) is 0 Å². The number of anilines is 1. The van der Waals surface area contributed by atoms with E-state index in [0.717, 1.165) is 43.7 Å². The molecule has 2 aliphatic heterocycles. The molecule has 2 fully saturated rings. The van der Waals surface area contributed by atoms with Gasteiger partial charge in [-0.05, 0) is 38.1 Å². The Kier molecular flexibility index (Phi) is 4.47. The van der Waals surface area contributed by atoms with Crippen LogP contribution in [0.4, 0.5) is 5.82 Å². The van der Waals surface area contributed by atoms with Crippen LogP contribution in [0.15, 0.2) is 12.1 Å². The van der Waals surface area contributed by atoms with Crippen LogP contribution in [0, 0.1) is 0 Å². The van der Waals surface area contributed by atoms with Crippen LogP contribution in [0.3, 0.4) is 0 Å². The normalized spacial score (nSPS) is 23.6. The van der Waals surface area contributed by atoms with Gasteiger partial charge in [-0.2, -0.15) is 5.10 Å². The molecule has 1 N–H and O–H groups in total. The SMILES string of the molecule is CCNCc1ccc(N2CCN3CCCCC3C2)nn1. The van der Waals surface area contributed by atoms with Gasteiger partial charge in [-0.15, -0.1) is 5.10 Å².